The average molecular weight is 464 g/mol. The van der Waals surface area contributed by atoms with Gasteiger partial charge in [0.15, 0.2) is 0 Å². The van der Waals surface area contributed by atoms with Gasteiger partial charge < -0.3 is 25.4 Å². The number of nitrogen functional groups attached to an aromatic ring is 1. The first-order valence-corrected chi connectivity index (χ1v) is 11.1. The normalized spacial score (nSPS) is 13.7. The van der Waals surface area contributed by atoms with E-state index in [0.29, 0.717) is 36.1 Å². The molecule has 0 radical (unpaired) electrons. The summed E-state index contributed by atoms with van der Waals surface area (Å²) in [6.07, 6.45) is 3.59. The molecular weight excluding hydrogens is 430 g/mol. The van der Waals surface area contributed by atoms with Gasteiger partial charge in [0.05, 0.1) is 12.4 Å². The van der Waals surface area contributed by atoms with Gasteiger partial charge in [0.1, 0.15) is 30.0 Å². The summed E-state index contributed by atoms with van der Waals surface area (Å²) < 4.78 is 11.8. The van der Waals surface area contributed by atoms with Crippen LogP contribution in [0.4, 0.5) is 5.82 Å². The third kappa shape index (κ3) is 6.15. The van der Waals surface area contributed by atoms with E-state index in [4.69, 9.17) is 20.6 Å². The van der Waals surface area contributed by atoms with Gasteiger partial charge >= 0.3 is 0 Å². The molecule has 1 aromatic heterocycles. The number of amidine groups is 1. The highest BCUT2D eigenvalue weighted by Crippen LogP contribution is 2.24. The Hall–Kier alpha value is -3.81. The van der Waals surface area contributed by atoms with Crippen molar-refractivity contribution in [1.82, 2.24) is 15.2 Å². The third-order valence-corrected chi connectivity index (χ3v) is 5.76. The predicted molar refractivity (Wildman–Crippen MR) is 136 cm³/mol. The summed E-state index contributed by atoms with van der Waals surface area (Å²) in [5, 5.41) is 12.4. The maximum atomic E-state index is 12.4. The van der Waals surface area contributed by atoms with Crippen LogP contribution in [-0.2, 0) is 0 Å². The standard InChI is InChI=1S/C25H29N5O3.CH4/c1-17(26)30-13-9-21(10-14-30)33-20-5-3-19(4-6-20)25(31)29-12-15-32-22-7-2-18-8-11-28-24(27)23(18)16-22;/h2-8,11,16,21,26H,9-10,12-15H2,1H3,(H2,27,28)(H,29,31);1H4. The highest BCUT2D eigenvalue weighted by Gasteiger charge is 2.20. The summed E-state index contributed by atoms with van der Waals surface area (Å²) >= 11 is 0. The van der Waals surface area contributed by atoms with E-state index in [9.17, 15) is 4.79 Å². The second-order valence-corrected chi connectivity index (χ2v) is 8.10. The topological polar surface area (TPSA) is 114 Å². The van der Waals surface area contributed by atoms with Crippen LogP contribution < -0.4 is 20.5 Å². The summed E-state index contributed by atoms with van der Waals surface area (Å²) in [7, 11) is 0. The number of nitrogens with zero attached hydrogens (tertiary/aromatic N) is 2. The molecule has 1 amide bonds. The fourth-order valence-electron chi connectivity index (χ4n) is 3.88. The van der Waals surface area contributed by atoms with E-state index >= 15 is 0 Å². The molecule has 0 unspecified atom stereocenters. The largest absolute Gasteiger partial charge is 0.492 e. The summed E-state index contributed by atoms with van der Waals surface area (Å²) in [6.45, 7) is 4.21. The number of benzene rings is 2. The number of nitrogens with one attached hydrogen (secondary N) is 2. The zero-order valence-corrected chi connectivity index (χ0v) is 18.7. The van der Waals surface area contributed by atoms with Gasteiger partial charge in [0.25, 0.3) is 5.91 Å². The molecular formula is C26H33N5O3. The fourth-order valence-corrected chi connectivity index (χ4v) is 3.88. The number of pyridine rings is 1. The molecule has 1 aliphatic rings. The van der Waals surface area contributed by atoms with Gasteiger partial charge in [-0.3, -0.25) is 10.2 Å². The third-order valence-electron chi connectivity index (χ3n) is 5.76. The molecule has 8 heteroatoms. The van der Waals surface area contributed by atoms with E-state index in [1.807, 2.05) is 43.3 Å². The number of rotatable bonds is 7. The SMILES string of the molecule is C.CC(=N)N1CCC(Oc2ccc(C(=O)NCCOc3ccc4ccnc(N)c4c3)cc2)CC1. The lowest BCUT2D eigenvalue weighted by Gasteiger charge is -2.32. The summed E-state index contributed by atoms with van der Waals surface area (Å²) in [5.41, 5.74) is 6.49. The first-order valence-electron chi connectivity index (χ1n) is 11.1. The Morgan fingerprint density at radius 2 is 1.85 bits per heavy atom. The zero-order chi connectivity index (χ0) is 23.2. The molecule has 4 N–H and O–H groups in total. The van der Waals surface area contributed by atoms with Crippen LogP contribution in [0, 0.1) is 5.41 Å². The Balaban J connectivity index is 0.00000324. The first-order chi connectivity index (χ1) is 16.0. The van der Waals surface area contributed by atoms with E-state index in [2.05, 4.69) is 15.2 Å². The van der Waals surface area contributed by atoms with Gasteiger partial charge in [-0.2, -0.15) is 0 Å². The van der Waals surface area contributed by atoms with Gasteiger partial charge in [-0.15, -0.1) is 0 Å². The van der Waals surface area contributed by atoms with Crippen LogP contribution in [-0.4, -0.2) is 54.0 Å². The van der Waals surface area contributed by atoms with Crippen LogP contribution >= 0.6 is 0 Å². The number of ether oxygens (including phenoxy) is 2. The number of nitrogens with two attached hydrogens (primary N) is 1. The quantitative estimate of drug-likeness (QED) is 0.276. The Labute approximate surface area is 200 Å². The maximum Gasteiger partial charge on any atom is 0.251 e. The number of carbonyl (C=O) groups excluding carboxylic acids is 1. The first kappa shape index (κ1) is 24.8. The monoisotopic (exact) mass is 463 g/mol. The number of carbonyl (C=O) groups is 1. The number of aromatic nitrogens is 1. The number of hydrogen-bond acceptors (Lipinski definition) is 6. The van der Waals surface area contributed by atoms with Crippen LogP contribution in [0.25, 0.3) is 10.8 Å². The average Bonchev–Trinajstić information content (AvgIpc) is 2.83. The Kier molecular flexibility index (Phi) is 8.29. The van der Waals surface area contributed by atoms with E-state index in [1.165, 1.54) is 0 Å². The summed E-state index contributed by atoms with van der Waals surface area (Å²) in [4.78, 5) is 18.6. The minimum absolute atomic E-state index is 0. The van der Waals surface area contributed by atoms with Crippen molar-refractivity contribution in [2.45, 2.75) is 33.3 Å². The molecule has 1 saturated heterocycles. The van der Waals surface area contributed by atoms with Crippen molar-refractivity contribution in [3.8, 4) is 11.5 Å². The molecule has 0 atom stereocenters. The van der Waals surface area contributed by atoms with Crippen LogP contribution in [0.5, 0.6) is 11.5 Å². The molecule has 2 heterocycles. The predicted octanol–water partition coefficient (Wildman–Crippen LogP) is 4.10. The molecule has 1 fully saturated rings. The van der Waals surface area contributed by atoms with Crippen molar-refractivity contribution >= 4 is 28.3 Å². The Morgan fingerprint density at radius 3 is 2.56 bits per heavy atom. The van der Waals surface area contributed by atoms with Crippen molar-refractivity contribution in [3.05, 3.63) is 60.3 Å². The molecule has 8 nitrogen and oxygen atoms in total. The van der Waals surface area contributed by atoms with Gasteiger partial charge in [0, 0.05) is 43.1 Å². The number of anilines is 1. The minimum Gasteiger partial charge on any atom is -0.492 e. The number of hydrogen-bond donors (Lipinski definition) is 3. The van der Waals surface area contributed by atoms with Gasteiger partial charge in [-0.05, 0) is 54.8 Å². The summed E-state index contributed by atoms with van der Waals surface area (Å²) in [5.74, 6) is 2.34. The van der Waals surface area contributed by atoms with Crippen LogP contribution in [0.15, 0.2) is 54.7 Å². The van der Waals surface area contributed by atoms with Crippen LogP contribution in [0.3, 0.4) is 0 Å². The zero-order valence-electron chi connectivity index (χ0n) is 18.7. The van der Waals surface area contributed by atoms with E-state index in [1.54, 1.807) is 18.3 Å². The van der Waals surface area contributed by atoms with Crippen molar-refractivity contribution in [1.29, 1.82) is 5.41 Å². The highest BCUT2D eigenvalue weighted by molar-refractivity contribution is 5.94. The molecule has 1 aliphatic heterocycles. The molecule has 3 aromatic rings. The Morgan fingerprint density at radius 1 is 1.15 bits per heavy atom. The van der Waals surface area contributed by atoms with Crippen molar-refractivity contribution in [3.63, 3.8) is 0 Å². The second kappa shape index (κ2) is 11.4. The lowest BCUT2D eigenvalue weighted by molar-refractivity contribution is 0.0947. The lowest BCUT2D eigenvalue weighted by Crippen LogP contribution is -2.40. The fraction of sp³-hybridized carbons (Fsp3) is 0.346. The molecule has 34 heavy (non-hydrogen) atoms. The molecule has 2 aromatic carbocycles. The number of fused-ring (bicyclic) bond motifs is 1. The van der Waals surface area contributed by atoms with Crippen molar-refractivity contribution in [2.24, 2.45) is 0 Å². The number of piperidine rings is 1. The maximum absolute atomic E-state index is 12.4. The molecule has 0 saturated carbocycles. The van der Waals surface area contributed by atoms with Crippen LogP contribution in [0.2, 0.25) is 0 Å². The van der Waals surface area contributed by atoms with E-state index in [-0.39, 0.29) is 19.4 Å². The molecule has 4 rings (SSSR count). The second-order valence-electron chi connectivity index (χ2n) is 8.10. The lowest BCUT2D eigenvalue weighted by atomic mass is 10.1. The number of likely N-dealkylation sites (tertiary alicyclic amines) is 1. The van der Waals surface area contributed by atoms with Crippen LogP contribution in [0.1, 0.15) is 37.6 Å². The van der Waals surface area contributed by atoms with Gasteiger partial charge in [-0.1, -0.05) is 13.5 Å². The number of amides is 1. The molecule has 0 aliphatic carbocycles. The highest BCUT2D eigenvalue weighted by atomic mass is 16.5. The molecule has 0 bridgehead atoms. The summed E-state index contributed by atoms with van der Waals surface area (Å²) in [6, 6.07) is 14.7. The van der Waals surface area contributed by atoms with Crippen molar-refractivity contribution in [2.75, 3.05) is 32.0 Å². The Bertz CT molecular complexity index is 1120. The van der Waals surface area contributed by atoms with E-state index in [0.717, 1.165) is 42.5 Å². The smallest absolute Gasteiger partial charge is 0.251 e. The molecule has 180 valence electrons. The van der Waals surface area contributed by atoms with E-state index < -0.39 is 0 Å². The van der Waals surface area contributed by atoms with Crippen molar-refractivity contribution < 1.29 is 14.3 Å². The van der Waals surface area contributed by atoms with Gasteiger partial charge in [-0.25, -0.2) is 4.98 Å². The minimum atomic E-state index is -0.160. The molecule has 0 spiro atoms. The van der Waals surface area contributed by atoms with Gasteiger partial charge in [0.2, 0.25) is 0 Å².